The van der Waals surface area contributed by atoms with Gasteiger partial charge in [-0.3, -0.25) is 9.59 Å². The van der Waals surface area contributed by atoms with Crippen LogP contribution in [0.5, 0.6) is 0 Å². The van der Waals surface area contributed by atoms with Gasteiger partial charge in [0.15, 0.2) is 0 Å². The molecule has 88 valence electrons. The highest BCUT2D eigenvalue weighted by Crippen LogP contribution is 2.22. The number of fused-ring (bicyclic) bond motifs is 1. The van der Waals surface area contributed by atoms with E-state index < -0.39 is 5.97 Å². The molecule has 2 aromatic rings. The molecule has 0 aliphatic heterocycles. The molecule has 5 nitrogen and oxygen atoms in total. The number of halogens is 1. The fourth-order valence-electron chi connectivity index (χ4n) is 1.53. The average Bonchev–Trinajstić information content (AvgIpc) is 2.71. The summed E-state index contributed by atoms with van der Waals surface area (Å²) in [7, 11) is 0. The zero-order chi connectivity index (χ0) is 12.4. The SMILES string of the molecule is O=C(O)CCC(=O)n1ncc2c(Cl)cccc21. The number of carboxylic acid groups (broad SMARTS) is 1. The molecule has 0 spiro atoms. The van der Waals surface area contributed by atoms with Crippen LogP contribution in [-0.4, -0.2) is 26.8 Å². The second-order valence-electron chi connectivity index (χ2n) is 3.52. The molecule has 17 heavy (non-hydrogen) atoms. The van der Waals surface area contributed by atoms with Crippen LogP contribution >= 0.6 is 11.6 Å². The Hall–Kier alpha value is -1.88. The first-order chi connectivity index (χ1) is 8.09. The Kier molecular flexibility index (Phi) is 3.10. The van der Waals surface area contributed by atoms with E-state index in [9.17, 15) is 9.59 Å². The van der Waals surface area contributed by atoms with Crippen LogP contribution in [0.2, 0.25) is 5.02 Å². The van der Waals surface area contributed by atoms with Crippen molar-refractivity contribution in [3.63, 3.8) is 0 Å². The normalized spacial score (nSPS) is 10.6. The number of aliphatic carboxylic acids is 1. The minimum atomic E-state index is -1.01. The van der Waals surface area contributed by atoms with Gasteiger partial charge in [0.1, 0.15) is 0 Å². The number of nitrogens with zero attached hydrogens (tertiary/aromatic N) is 2. The van der Waals surface area contributed by atoms with Crippen molar-refractivity contribution in [3.05, 3.63) is 29.4 Å². The Bertz CT molecular complexity index is 591. The highest BCUT2D eigenvalue weighted by Gasteiger charge is 2.13. The van der Waals surface area contributed by atoms with Gasteiger partial charge in [-0.05, 0) is 12.1 Å². The highest BCUT2D eigenvalue weighted by atomic mass is 35.5. The van der Waals surface area contributed by atoms with Crippen molar-refractivity contribution in [2.75, 3.05) is 0 Å². The molecule has 1 N–H and O–H groups in total. The van der Waals surface area contributed by atoms with Crippen molar-refractivity contribution in [1.82, 2.24) is 9.78 Å². The molecule has 0 aliphatic carbocycles. The summed E-state index contributed by atoms with van der Waals surface area (Å²) in [6.45, 7) is 0. The third kappa shape index (κ3) is 2.29. The first-order valence-electron chi connectivity index (χ1n) is 4.97. The van der Waals surface area contributed by atoms with E-state index in [2.05, 4.69) is 5.10 Å². The number of aromatic nitrogens is 2. The quantitative estimate of drug-likeness (QED) is 0.909. The lowest BCUT2D eigenvalue weighted by molar-refractivity contribution is -0.136. The molecule has 0 fully saturated rings. The van der Waals surface area contributed by atoms with Gasteiger partial charge in [0.2, 0.25) is 5.91 Å². The molecule has 0 saturated carbocycles. The molecular formula is C11H9ClN2O3. The van der Waals surface area contributed by atoms with E-state index in [0.717, 1.165) is 0 Å². The van der Waals surface area contributed by atoms with E-state index in [0.29, 0.717) is 15.9 Å². The zero-order valence-electron chi connectivity index (χ0n) is 8.76. The third-order valence-corrected chi connectivity index (χ3v) is 2.68. The van der Waals surface area contributed by atoms with Crippen LogP contribution < -0.4 is 0 Å². The molecular weight excluding hydrogens is 244 g/mol. The molecule has 1 aromatic heterocycles. The van der Waals surface area contributed by atoms with Crippen LogP contribution in [0.15, 0.2) is 24.4 Å². The average molecular weight is 253 g/mol. The molecule has 1 heterocycles. The molecule has 0 atom stereocenters. The van der Waals surface area contributed by atoms with E-state index >= 15 is 0 Å². The van der Waals surface area contributed by atoms with Crippen LogP contribution in [0.4, 0.5) is 0 Å². The summed E-state index contributed by atoms with van der Waals surface area (Å²) in [4.78, 5) is 22.1. The first-order valence-corrected chi connectivity index (χ1v) is 5.34. The van der Waals surface area contributed by atoms with E-state index in [1.54, 1.807) is 18.2 Å². The van der Waals surface area contributed by atoms with E-state index in [4.69, 9.17) is 16.7 Å². The Morgan fingerprint density at radius 1 is 1.35 bits per heavy atom. The minimum Gasteiger partial charge on any atom is -0.481 e. The standard InChI is InChI=1S/C11H9ClN2O3/c12-8-2-1-3-9-7(8)6-13-14(9)10(15)4-5-11(16)17/h1-3,6H,4-5H2,(H,16,17). The Morgan fingerprint density at radius 2 is 2.12 bits per heavy atom. The van der Waals surface area contributed by atoms with Gasteiger partial charge in [-0.1, -0.05) is 17.7 Å². The van der Waals surface area contributed by atoms with Gasteiger partial charge >= 0.3 is 5.97 Å². The van der Waals surface area contributed by atoms with E-state index in [1.807, 2.05) is 0 Å². The lowest BCUT2D eigenvalue weighted by Crippen LogP contribution is -2.13. The number of hydrogen-bond donors (Lipinski definition) is 1. The topological polar surface area (TPSA) is 72.2 Å². The number of rotatable bonds is 3. The number of benzene rings is 1. The Labute approximate surface area is 102 Å². The van der Waals surface area contributed by atoms with Crippen LogP contribution in [0.25, 0.3) is 10.9 Å². The number of carboxylic acids is 1. The summed E-state index contributed by atoms with van der Waals surface area (Å²) in [5.74, 6) is -1.36. The third-order valence-electron chi connectivity index (χ3n) is 2.35. The summed E-state index contributed by atoms with van der Waals surface area (Å²) >= 11 is 5.94. The molecule has 0 amide bonds. The van der Waals surface area contributed by atoms with E-state index in [1.165, 1.54) is 10.9 Å². The minimum absolute atomic E-state index is 0.0847. The summed E-state index contributed by atoms with van der Waals surface area (Å²) in [5.41, 5.74) is 0.591. The molecule has 2 rings (SSSR count). The number of hydrogen-bond acceptors (Lipinski definition) is 3. The maximum absolute atomic E-state index is 11.7. The molecule has 0 saturated heterocycles. The maximum atomic E-state index is 11.7. The summed E-state index contributed by atoms with van der Waals surface area (Å²) in [6, 6.07) is 5.14. The highest BCUT2D eigenvalue weighted by molar-refractivity contribution is 6.35. The van der Waals surface area contributed by atoms with Crippen LogP contribution in [-0.2, 0) is 4.79 Å². The van der Waals surface area contributed by atoms with Gasteiger partial charge in [-0.15, -0.1) is 0 Å². The largest absolute Gasteiger partial charge is 0.481 e. The van der Waals surface area contributed by atoms with Gasteiger partial charge in [-0.25, -0.2) is 4.68 Å². The van der Waals surface area contributed by atoms with Crippen molar-refractivity contribution >= 4 is 34.4 Å². The zero-order valence-corrected chi connectivity index (χ0v) is 9.52. The van der Waals surface area contributed by atoms with Crippen LogP contribution in [0.1, 0.15) is 17.6 Å². The second kappa shape index (κ2) is 4.55. The lowest BCUT2D eigenvalue weighted by atomic mass is 10.2. The van der Waals surface area contributed by atoms with Gasteiger partial charge in [-0.2, -0.15) is 5.10 Å². The smallest absolute Gasteiger partial charge is 0.303 e. The van der Waals surface area contributed by atoms with Crippen molar-refractivity contribution in [2.24, 2.45) is 0 Å². The van der Waals surface area contributed by atoms with Gasteiger partial charge in [0.05, 0.1) is 23.2 Å². The van der Waals surface area contributed by atoms with Gasteiger partial charge in [0, 0.05) is 11.8 Å². The predicted octanol–water partition coefficient (Wildman–Crippen LogP) is 2.19. The molecule has 0 radical (unpaired) electrons. The van der Waals surface area contributed by atoms with Crippen molar-refractivity contribution in [1.29, 1.82) is 0 Å². The first kappa shape index (κ1) is 11.6. The van der Waals surface area contributed by atoms with Crippen molar-refractivity contribution in [2.45, 2.75) is 12.8 Å². The van der Waals surface area contributed by atoms with E-state index in [-0.39, 0.29) is 18.7 Å². The summed E-state index contributed by atoms with van der Waals surface area (Å²) in [5, 5.41) is 13.6. The number of carbonyl (C=O) groups excluding carboxylic acids is 1. The van der Waals surface area contributed by atoms with Gasteiger partial charge in [0.25, 0.3) is 0 Å². The van der Waals surface area contributed by atoms with Crippen molar-refractivity contribution in [3.8, 4) is 0 Å². The number of carbonyl (C=O) groups is 2. The molecule has 0 unspecified atom stereocenters. The van der Waals surface area contributed by atoms with Crippen LogP contribution in [0.3, 0.4) is 0 Å². The maximum Gasteiger partial charge on any atom is 0.303 e. The summed E-state index contributed by atoms with van der Waals surface area (Å²) < 4.78 is 1.18. The Morgan fingerprint density at radius 3 is 2.82 bits per heavy atom. The monoisotopic (exact) mass is 252 g/mol. The predicted molar refractivity (Wildman–Crippen MR) is 62.2 cm³/mol. The summed E-state index contributed by atoms with van der Waals surface area (Å²) in [6.07, 6.45) is 1.20. The van der Waals surface area contributed by atoms with Crippen molar-refractivity contribution < 1.29 is 14.7 Å². The van der Waals surface area contributed by atoms with Crippen LogP contribution in [0, 0.1) is 0 Å². The van der Waals surface area contributed by atoms with Gasteiger partial charge < -0.3 is 5.11 Å². The second-order valence-corrected chi connectivity index (χ2v) is 3.92. The fraction of sp³-hybridized carbons (Fsp3) is 0.182. The molecule has 0 bridgehead atoms. The molecule has 6 heteroatoms. The Balaban J connectivity index is 2.33. The molecule has 0 aliphatic rings. The fourth-order valence-corrected chi connectivity index (χ4v) is 1.75. The lowest BCUT2D eigenvalue weighted by Gasteiger charge is -2.00. The molecule has 1 aromatic carbocycles.